The van der Waals surface area contributed by atoms with Crippen molar-refractivity contribution in [2.45, 2.75) is 25.5 Å². The van der Waals surface area contributed by atoms with Crippen LogP contribution in [0, 0.1) is 0 Å². The lowest BCUT2D eigenvalue weighted by Gasteiger charge is -2.21. The first-order chi connectivity index (χ1) is 16.1. The fraction of sp³-hybridized carbons (Fsp3) is 0.208. The molecule has 0 bridgehead atoms. The molecule has 168 valence electrons. The number of halogens is 1. The maximum atomic E-state index is 9.01. The van der Waals surface area contributed by atoms with Crippen molar-refractivity contribution in [3.63, 3.8) is 0 Å². The zero-order valence-corrected chi connectivity index (χ0v) is 18.4. The van der Waals surface area contributed by atoms with E-state index in [-0.39, 0.29) is 12.0 Å². The molecule has 0 saturated carbocycles. The highest BCUT2D eigenvalue weighted by Crippen LogP contribution is 2.32. The summed E-state index contributed by atoms with van der Waals surface area (Å²) in [5.41, 5.74) is 7.64. The normalized spacial score (nSPS) is 16.5. The molecule has 3 aromatic carbocycles. The number of guanidine groups is 1. The van der Waals surface area contributed by atoms with Gasteiger partial charge in [0, 0.05) is 17.1 Å². The number of rotatable bonds is 5. The fourth-order valence-electron chi connectivity index (χ4n) is 4.09. The molecule has 1 aromatic heterocycles. The molecule has 3 N–H and O–H groups in total. The Balaban J connectivity index is 1.33. The first kappa shape index (κ1) is 21.1. The Morgan fingerprint density at radius 3 is 2.88 bits per heavy atom. The highest BCUT2D eigenvalue weighted by atomic mass is 35.5. The average Bonchev–Trinajstić information content (AvgIpc) is 3.52. The standard InChI is InChI=1S/C24H22ClN5O3/c25-19-4-1-3-15(11-19)14-32-20-9-8-16-12-18(7-6-17(16)13-20)22-27-23(33-29-22)21-5-2-10-30(21)24(26)28-31/h1,3-4,6-9,11-13,21,31H,2,5,10,14H2,(H2,26,28)/t21-/m0/s1. The minimum atomic E-state index is -0.193. The van der Waals surface area contributed by atoms with Crippen LogP contribution in [-0.4, -0.2) is 32.8 Å². The van der Waals surface area contributed by atoms with E-state index in [1.165, 1.54) is 0 Å². The number of hydrogen-bond acceptors (Lipinski definition) is 6. The summed E-state index contributed by atoms with van der Waals surface area (Å²) >= 11 is 6.04. The van der Waals surface area contributed by atoms with E-state index in [9.17, 15) is 0 Å². The minimum absolute atomic E-state index is 0.0522. The van der Waals surface area contributed by atoms with E-state index in [1.807, 2.05) is 60.7 Å². The summed E-state index contributed by atoms with van der Waals surface area (Å²) in [7, 11) is 0. The van der Waals surface area contributed by atoms with Crippen molar-refractivity contribution < 1.29 is 14.5 Å². The van der Waals surface area contributed by atoms with Crippen molar-refractivity contribution in [2.24, 2.45) is 10.9 Å². The molecular weight excluding hydrogens is 442 g/mol. The molecule has 9 heteroatoms. The van der Waals surface area contributed by atoms with Gasteiger partial charge in [0.2, 0.25) is 17.7 Å². The summed E-state index contributed by atoms with van der Waals surface area (Å²) in [5, 5.41) is 19.0. The summed E-state index contributed by atoms with van der Waals surface area (Å²) in [6.07, 6.45) is 1.70. The Bertz CT molecular complexity index is 1320. The van der Waals surface area contributed by atoms with E-state index in [4.69, 9.17) is 31.8 Å². The van der Waals surface area contributed by atoms with Crippen molar-refractivity contribution in [3.05, 3.63) is 77.1 Å². The van der Waals surface area contributed by atoms with Gasteiger partial charge in [-0.1, -0.05) is 52.2 Å². The molecule has 0 radical (unpaired) electrons. The zero-order chi connectivity index (χ0) is 22.8. The van der Waals surface area contributed by atoms with Gasteiger partial charge in [-0.2, -0.15) is 4.98 Å². The smallest absolute Gasteiger partial charge is 0.249 e. The topological polar surface area (TPSA) is 110 Å². The van der Waals surface area contributed by atoms with Crippen LogP contribution < -0.4 is 10.5 Å². The lowest BCUT2D eigenvalue weighted by atomic mass is 10.1. The summed E-state index contributed by atoms with van der Waals surface area (Å²) in [4.78, 5) is 6.34. The monoisotopic (exact) mass is 463 g/mol. The molecule has 0 aliphatic carbocycles. The van der Waals surface area contributed by atoms with Crippen LogP contribution in [0.4, 0.5) is 0 Å². The van der Waals surface area contributed by atoms with Crippen molar-refractivity contribution >= 4 is 28.3 Å². The second-order valence-electron chi connectivity index (χ2n) is 7.91. The molecule has 1 fully saturated rings. The third-order valence-electron chi connectivity index (χ3n) is 5.74. The highest BCUT2D eigenvalue weighted by molar-refractivity contribution is 6.30. The molecule has 1 aliphatic rings. The van der Waals surface area contributed by atoms with Crippen molar-refractivity contribution in [1.82, 2.24) is 15.0 Å². The molecule has 0 unspecified atom stereocenters. The quantitative estimate of drug-likeness (QED) is 0.186. The maximum Gasteiger partial charge on any atom is 0.249 e. The van der Waals surface area contributed by atoms with E-state index < -0.39 is 0 Å². The number of aromatic nitrogens is 2. The van der Waals surface area contributed by atoms with Crippen LogP contribution in [0.3, 0.4) is 0 Å². The van der Waals surface area contributed by atoms with Gasteiger partial charge in [0.15, 0.2) is 0 Å². The number of likely N-dealkylation sites (tertiary alicyclic amines) is 1. The van der Waals surface area contributed by atoms with Gasteiger partial charge >= 0.3 is 0 Å². The SMILES string of the molecule is N/C(=N\O)N1CCC[C@H]1c1nc(-c2ccc3cc(OCc4cccc(Cl)c4)ccc3c2)no1. The fourth-order valence-corrected chi connectivity index (χ4v) is 4.30. The predicted molar refractivity (Wildman–Crippen MR) is 125 cm³/mol. The second-order valence-corrected chi connectivity index (χ2v) is 8.34. The molecule has 0 spiro atoms. The summed E-state index contributed by atoms with van der Waals surface area (Å²) in [6.45, 7) is 1.12. The van der Waals surface area contributed by atoms with Crippen LogP contribution >= 0.6 is 11.6 Å². The largest absolute Gasteiger partial charge is 0.489 e. The van der Waals surface area contributed by atoms with E-state index in [2.05, 4.69) is 15.3 Å². The van der Waals surface area contributed by atoms with Gasteiger partial charge in [-0.05, 0) is 59.5 Å². The van der Waals surface area contributed by atoms with Gasteiger partial charge in [-0.15, -0.1) is 0 Å². The third-order valence-corrected chi connectivity index (χ3v) is 5.98. The van der Waals surface area contributed by atoms with Crippen LogP contribution in [0.1, 0.15) is 30.3 Å². The molecule has 33 heavy (non-hydrogen) atoms. The van der Waals surface area contributed by atoms with E-state index in [1.54, 1.807) is 4.90 Å². The number of hydrogen-bond donors (Lipinski definition) is 2. The number of benzene rings is 3. The van der Waals surface area contributed by atoms with Gasteiger partial charge < -0.3 is 25.1 Å². The van der Waals surface area contributed by atoms with Gasteiger partial charge in [0.1, 0.15) is 18.4 Å². The Morgan fingerprint density at radius 1 is 1.18 bits per heavy atom. The molecule has 1 atom stereocenters. The van der Waals surface area contributed by atoms with Crippen LogP contribution in [0.25, 0.3) is 22.2 Å². The van der Waals surface area contributed by atoms with Crippen LogP contribution in [0.15, 0.2) is 70.3 Å². The molecule has 5 rings (SSSR count). The molecule has 2 heterocycles. The first-order valence-electron chi connectivity index (χ1n) is 10.6. The molecular formula is C24H22ClN5O3. The number of nitrogens with zero attached hydrogens (tertiary/aromatic N) is 4. The van der Waals surface area contributed by atoms with Crippen molar-refractivity contribution in [1.29, 1.82) is 0 Å². The van der Waals surface area contributed by atoms with E-state index >= 15 is 0 Å². The van der Waals surface area contributed by atoms with E-state index in [0.717, 1.165) is 40.5 Å². The Kier molecular flexibility index (Phi) is 5.75. The Morgan fingerprint density at radius 2 is 2.03 bits per heavy atom. The van der Waals surface area contributed by atoms with Gasteiger partial charge in [-0.25, -0.2) is 0 Å². The van der Waals surface area contributed by atoms with Crippen LogP contribution in [-0.2, 0) is 6.61 Å². The zero-order valence-electron chi connectivity index (χ0n) is 17.7. The average molecular weight is 464 g/mol. The van der Waals surface area contributed by atoms with Gasteiger partial charge in [-0.3, -0.25) is 0 Å². The summed E-state index contributed by atoms with van der Waals surface area (Å²) in [6, 6.07) is 19.3. The maximum absolute atomic E-state index is 9.01. The minimum Gasteiger partial charge on any atom is -0.489 e. The van der Waals surface area contributed by atoms with Crippen LogP contribution in [0.2, 0.25) is 5.02 Å². The first-order valence-corrected chi connectivity index (χ1v) is 11.0. The van der Waals surface area contributed by atoms with Crippen molar-refractivity contribution in [3.8, 4) is 17.1 Å². The molecule has 0 amide bonds. The number of nitrogens with two attached hydrogens (primary N) is 1. The second kappa shape index (κ2) is 8.99. The van der Waals surface area contributed by atoms with Crippen molar-refractivity contribution in [2.75, 3.05) is 6.54 Å². The van der Waals surface area contributed by atoms with Crippen LogP contribution in [0.5, 0.6) is 5.75 Å². The summed E-state index contributed by atoms with van der Waals surface area (Å²) < 4.78 is 11.4. The molecule has 1 aliphatic heterocycles. The number of ether oxygens (including phenoxy) is 1. The lowest BCUT2D eigenvalue weighted by Crippen LogP contribution is -2.36. The predicted octanol–water partition coefficient (Wildman–Crippen LogP) is 4.96. The highest BCUT2D eigenvalue weighted by Gasteiger charge is 2.32. The number of oxime groups is 1. The van der Waals surface area contributed by atoms with Gasteiger partial charge in [0.05, 0.1) is 0 Å². The molecule has 1 saturated heterocycles. The number of fused-ring (bicyclic) bond motifs is 1. The van der Waals surface area contributed by atoms with E-state index in [0.29, 0.717) is 29.9 Å². The Labute approximate surface area is 195 Å². The molecule has 4 aromatic rings. The molecule has 8 nitrogen and oxygen atoms in total. The lowest BCUT2D eigenvalue weighted by molar-refractivity contribution is 0.263. The van der Waals surface area contributed by atoms with Gasteiger partial charge in [0.25, 0.3) is 0 Å². The Hall–Kier alpha value is -3.78. The third kappa shape index (κ3) is 4.42. The summed E-state index contributed by atoms with van der Waals surface area (Å²) in [5.74, 6) is 1.79.